The summed E-state index contributed by atoms with van der Waals surface area (Å²) < 4.78 is 10.3. The average molecular weight is 356 g/mol. The third-order valence-electron chi connectivity index (χ3n) is 3.78. The number of ether oxygens (including phenoxy) is 2. The van der Waals surface area contributed by atoms with Gasteiger partial charge in [-0.25, -0.2) is 4.79 Å². The van der Waals surface area contributed by atoms with E-state index in [1.165, 1.54) is 7.11 Å². The molecular formula is C20H24N2O4. The second kappa shape index (κ2) is 9.46. The molecule has 0 spiro atoms. The Balaban J connectivity index is 1.90. The van der Waals surface area contributed by atoms with Crippen LogP contribution in [0.15, 0.2) is 54.6 Å². The van der Waals surface area contributed by atoms with Crippen LogP contribution < -0.4 is 15.4 Å². The molecular weight excluding hydrogens is 332 g/mol. The molecule has 2 N–H and O–H groups in total. The van der Waals surface area contributed by atoms with Crippen molar-refractivity contribution in [2.45, 2.75) is 26.4 Å². The van der Waals surface area contributed by atoms with E-state index in [-0.39, 0.29) is 11.8 Å². The van der Waals surface area contributed by atoms with E-state index in [0.29, 0.717) is 6.54 Å². The number of nitrogens with one attached hydrogen (secondary N) is 2. The smallest absolute Gasteiger partial charge is 0.407 e. The standard InChI is InChI=1S/C20H24N2O4/c1-14(2)18(22-20(24)25-3)19(23)21-13-15-9-11-17(12-10-15)26-16-7-5-4-6-8-16/h4-12,14,18H,13H2,1-3H3,(H,21,23)(H,22,24). The Bertz CT molecular complexity index is 714. The van der Waals surface area contributed by atoms with Crippen LogP contribution in [0, 0.1) is 5.92 Å². The molecule has 6 heteroatoms. The fraction of sp³-hybridized carbons (Fsp3) is 0.300. The molecule has 2 amide bonds. The van der Waals surface area contributed by atoms with Gasteiger partial charge in [0.1, 0.15) is 17.5 Å². The fourth-order valence-electron chi connectivity index (χ4n) is 2.32. The van der Waals surface area contributed by atoms with Crippen molar-refractivity contribution in [3.05, 3.63) is 60.2 Å². The highest BCUT2D eigenvalue weighted by molar-refractivity contribution is 5.85. The Morgan fingerprint density at radius 1 is 0.962 bits per heavy atom. The van der Waals surface area contributed by atoms with Gasteiger partial charge in [0.2, 0.25) is 5.91 Å². The summed E-state index contributed by atoms with van der Waals surface area (Å²) in [4.78, 5) is 23.7. The van der Waals surface area contributed by atoms with E-state index in [0.717, 1.165) is 17.1 Å². The summed E-state index contributed by atoms with van der Waals surface area (Å²) in [7, 11) is 1.27. The Morgan fingerprint density at radius 2 is 1.58 bits per heavy atom. The van der Waals surface area contributed by atoms with Crippen molar-refractivity contribution in [1.82, 2.24) is 10.6 Å². The second-order valence-electron chi connectivity index (χ2n) is 6.13. The van der Waals surface area contributed by atoms with Crippen LogP contribution in [0.1, 0.15) is 19.4 Å². The monoisotopic (exact) mass is 356 g/mol. The van der Waals surface area contributed by atoms with Crippen LogP contribution >= 0.6 is 0 Å². The molecule has 26 heavy (non-hydrogen) atoms. The first kappa shape index (κ1) is 19.3. The third-order valence-corrected chi connectivity index (χ3v) is 3.78. The summed E-state index contributed by atoms with van der Waals surface area (Å²) in [5.74, 6) is 1.17. The van der Waals surface area contributed by atoms with E-state index >= 15 is 0 Å². The quantitative estimate of drug-likeness (QED) is 0.796. The van der Waals surface area contributed by atoms with Gasteiger partial charge < -0.3 is 20.1 Å². The maximum absolute atomic E-state index is 12.3. The molecule has 0 bridgehead atoms. The lowest BCUT2D eigenvalue weighted by Crippen LogP contribution is -2.49. The van der Waals surface area contributed by atoms with Crippen LogP contribution in [-0.2, 0) is 16.1 Å². The number of para-hydroxylation sites is 1. The molecule has 6 nitrogen and oxygen atoms in total. The minimum atomic E-state index is -0.650. The minimum Gasteiger partial charge on any atom is -0.457 e. The summed E-state index contributed by atoms with van der Waals surface area (Å²) in [6.07, 6.45) is -0.624. The summed E-state index contributed by atoms with van der Waals surface area (Å²) in [5, 5.41) is 5.37. The number of hydrogen-bond acceptors (Lipinski definition) is 4. The first-order valence-corrected chi connectivity index (χ1v) is 8.43. The van der Waals surface area contributed by atoms with E-state index in [1.54, 1.807) is 0 Å². The maximum atomic E-state index is 12.3. The molecule has 0 saturated heterocycles. The van der Waals surface area contributed by atoms with Crippen molar-refractivity contribution < 1.29 is 19.1 Å². The highest BCUT2D eigenvalue weighted by atomic mass is 16.5. The van der Waals surface area contributed by atoms with Gasteiger partial charge in [0.25, 0.3) is 0 Å². The number of methoxy groups -OCH3 is 1. The van der Waals surface area contributed by atoms with Crippen molar-refractivity contribution in [3.8, 4) is 11.5 Å². The van der Waals surface area contributed by atoms with Crippen molar-refractivity contribution in [2.75, 3.05) is 7.11 Å². The van der Waals surface area contributed by atoms with Crippen molar-refractivity contribution in [3.63, 3.8) is 0 Å². The predicted molar refractivity (Wildman–Crippen MR) is 99.0 cm³/mol. The predicted octanol–water partition coefficient (Wildman–Crippen LogP) is 3.48. The van der Waals surface area contributed by atoms with Gasteiger partial charge in [-0.1, -0.05) is 44.2 Å². The van der Waals surface area contributed by atoms with Crippen LogP contribution in [0.25, 0.3) is 0 Å². The third kappa shape index (κ3) is 5.81. The zero-order chi connectivity index (χ0) is 18.9. The van der Waals surface area contributed by atoms with E-state index < -0.39 is 12.1 Å². The molecule has 0 aliphatic rings. The maximum Gasteiger partial charge on any atom is 0.407 e. The molecule has 0 radical (unpaired) electrons. The topological polar surface area (TPSA) is 76.7 Å². The van der Waals surface area contributed by atoms with Gasteiger partial charge in [-0.15, -0.1) is 0 Å². The summed E-state index contributed by atoms with van der Waals surface area (Å²) >= 11 is 0. The molecule has 0 aliphatic carbocycles. The zero-order valence-electron chi connectivity index (χ0n) is 15.2. The number of benzene rings is 2. The molecule has 0 aromatic heterocycles. The number of hydrogen-bond donors (Lipinski definition) is 2. The van der Waals surface area contributed by atoms with E-state index in [4.69, 9.17) is 4.74 Å². The molecule has 1 unspecified atom stereocenters. The van der Waals surface area contributed by atoms with Gasteiger partial charge in [-0.3, -0.25) is 4.79 Å². The number of rotatable bonds is 7. The van der Waals surface area contributed by atoms with Crippen molar-refractivity contribution >= 4 is 12.0 Å². The fourth-order valence-corrected chi connectivity index (χ4v) is 2.32. The van der Waals surface area contributed by atoms with Crippen LogP contribution in [0.4, 0.5) is 4.79 Å². The second-order valence-corrected chi connectivity index (χ2v) is 6.13. The Morgan fingerprint density at radius 3 is 2.15 bits per heavy atom. The molecule has 0 heterocycles. The van der Waals surface area contributed by atoms with Gasteiger partial charge in [0, 0.05) is 6.54 Å². The largest absolute Gasteiger partial charge is 0.457 e. The van der Waals surface area contributed by atoms with E-state index in [1.807, 2.05) is 68.4 Å². The van der Waals surface area contributed by atoms with Crippen molar-refractivity contribution in [1.29, 1.82) is 0 Å². The van der Waals surface area contributed by atoms with Gasteiger partial charge >= 0.3 is 6.09 Å². The first-order valence-electron chi connectivity index (χ1n) is 8.43. The molecule has 0 fully saturated rings. The van der Waals surface area contributed by atoms with E-state index in [9.17, 15) is 9.59 Å². The number of alkyl carbamates (subject to hydrolysis) is 1. The summed E-state index contributed by atoms with van der Waals surface area (Å²) in [5.41, 5.74) is 0.930. The normalized spacial score (nSPS) is 11.5. The lowest BCUT2D eigenvalue weighted by Gasteiger charge is -2.21. The van der Waals surface area contributed by atoms with Crippen molar-refractivity contribution in [2.24, 2.45) is 5.92 Å². The lowest BCUT2D eigenvalue weighted by atomic mass is 10.0. The molecule has 1 atom stereocenters. The molecule has 0 aliphatic heterocycles. The van der Waals surface area contributed by atoms with Crippen LogP contribution in [0.2, 0.25) is 0 Å². The Hall–Kier alpha value is -3.02. The molecule has 2 aromatic carbocycles. The Labute approximate surface area is 153 Å². The highest BCUT2D eigenvalue weighted by Gasteiger charge is 2.24. The highest BCUT2D eigenvalue weighted by Crippen LogP contribution is 2.21. The SMILES string of the molecule is COC(=O)NC(C(=O)NCc1ccc(Oc2ccccc2)cc1)C(C)C. The lowest BCUT2D eigenvalue weighted by molar-refractivity contribution is -0.124. The molecule has 0 saturated carbocycles. The molecule has 138 valence electrons. The number of carbonyl (C=O) groups excluding carboxylic acids is 2. The van der Waals surface area contributed by atoms with Gasteiger partial charge in [-0.2, -0.15) is 0 Å². The average Bonchev–Trinajstić information content (AvgIpc) is 2.65. The molecule has 2 aromatic rings. The first-order chi connectivity index (χ1) is 12.5. The van der Waals surface area contributed by atoms with Gasteiger partial charge in [0.15, 0.2) is 0 Å². The summed E-state index contributed by atoms with van der Waals surface area (Å²) in [6.45, 7) is 4.07. The van der Waals surface area contributed by atoms with Gasteiger partial charge in [0.05, 0.1) is 7.11 Å². The van der Waals surface area contributed by atoms with Gasteiger partial charge in [-0.05, 0) is 35.7 Å². The van der Waals surface area contributed by atoms with Crippen LogP contribution in [0.5, 0.6) is 11.5 Å². The van der Waals surface area contributed by atoms with Crippen LogP contribution in [0.3, 0.4) is 0 Å². The van der Waals surface area contributed by atoms with Crippen LogP contribution in [-0.4, -0.2) is 25.2 Å². The summed E-state index contributed by atoms with van der Waals surface area (Å²) in [6, 6.07) is 16.3. The molecule has 2 rings (SSSR count). The van der Waals surface area contributed by atoms with E-state index in [2.05, 4.69) is 15.4 Å². The number of carbonyl (C=O) groups is 2. The zero-order valence-corrected chi connectivity index (χ0v) is 15.2. The number of amides is 2. The minimum absolute atomic E-state index is 0.0595. The Kier molecular flexibility index (Phi) is 7.02.